The Morgan fingerprint density at radius 2 is 1.92 bits per heavy atom. The Labute approximate surface area is 155 Å². The lowest BCUT2D eigenvalue weighted by atomic mass is 10.0. The molecule has 26 heavy (non-hydrogen) atoms. The van der Waals surface area contributed by atoms with E-state index in [-0.39, 0.29) is 18.1 Å². The predicted octanol–water partition coefficient (Wildman–Crippen LogP) is 3.62. The van der Waals surface area contributed by atoms with Gasteiger partial charge in [-0.15, -0.1) is 0 Å². The first-order valence-electron chi connectivity index (χ1n) is 8.04. The molecule has 0 bridgehead atoms. The Balaban J connectivity index is 1.80. The van der Waals surface area contributed by atoms with Crippen molar-refractivity contribution in [1.29, 1.82) is 0 Å². The lowest BCUT2D eigenvalue weighted by Crippen LogP contribution is -2.53. The number of fused-ring (bicyclic) bond motifs is 1. The van der Waals surface area contributed by atoms with E-state index < -0.39 is 11.6 Å². The van der Waals surface area contributed by atoms with Gasteiger partial charge in [0.25, 0.3) is 5.91 Å². The van der Waals surface area contributed by atoms with Crippen molar-refractivity contribution in [3.05, 3.63) is 53.1 Å². The highest BCUT2D eigenvalue weighted by molar-refractivity contribution is 6.30. The smallest absolute Gasteiger partial charge is 0.335 e. The fraction of sp³-hybridized carbons (Fsp3) is 0.263. The molecule has 2 aromatic carbocycles. The molecule has 2 aromatic rings. The molecule has 0 aliphatic carbocycles. The van der Waals surface area contributed by atoms with Crippen LogP contribution < -0.4 is 14.4 Å². The van der Waals surface area contributed by atoms with Crippen molar-refractivity contribution in [3.8, 4) is 11.5 Å². The molecular formula is C19H18ClNO5. The summed E-state index contributed by atoms with van der Waals surface area (Å²) in [6.07, 6.45) is 0. The summed E-state index contributed by atoms with van der Waals surface area (Å²) < 4.78 is 11.4. The molecule has 0 unspecified atom stereocenters. The van der Waals surface area contributed by atoms with E-state index in [9.17, 15) is 9.59 Å². The molecule has 136 valence electrons. The minimum Gasteiger partial charge on any atom is -0.492 e. The molecule has 0 saturated heterocycles. The van der Waals surface area contributed by atoms with Crippen LogP contribution >= 0.6 is 11.6 Å². The van der Waals surface area contributed by atoms with Crippen molar-refractivity contribution in [1.82, 2.24) is 0 Å². The third-order valence-electron chi connectivity index (χ3n) is 4.02. The predicted molar refractivity (Wildman–Crippen MR) is 97.4 cm³/mol. The first-order valence-corrected chi connectivity index (χ1v) is 8.42. The van der Waals surface area contributed by atoms with Gasteiger partial charge in [0.15, 0.2) is 5.60 Å². The molecule has 7 heteroatoms. The van der Waals surface area contributed by atoms with Gasteiger partial charge in [-0.25, -0.2) is 4.79 Å². The average Bonchev–Trinajstić information content (AvgIpc) is 2.59. The maximum Gasteiger partial charge on any atom is 0.335 e. The Morgan fingerprint density at radius 1 is 1.23 bits per heavy atom. The van der Waals surface area contributed by atoms with E-state index in [0.29, 0.717) is 28.8 Å². The van der Waals surface area contributed by atoms with Crippen LogP contribution in [0.15, 0.2) is 42.5 Å². The lowest BCUT2D eigenvalue weighted by molar-refractivity contribution is -0.132. The van der Waals surface area contributed by atoms with Crippen LogP contribution in [0.4, 0.5) is 5.69 Å². The van der Waals surface area contributed by atoms with Gasteiger partial charge in [-0.05, 0) is 56.3 Å². The lowest BCUT2D eigenvalue weighted by Gasteiger charge is -2.38. The van der Waals surface area contributed by atoms with Gasteiger partial charge in [-0.2, -0.15) is 0 Å². The number of nitrogens with zero attached hydrogens (tertiary/aromatic N) is 1. The van der Waals surface area contributed by atoms with E-state index in [1.807, 2.05) is 0 Å². The second kappa shape index (κ2) is 6.88. The summed E-state index contributed by atoms with van der Waals surface area (Å²) >= 11 is 5.85. The van der Waals surface area contributed by atoms with Crippen molar-refractivity contribution in [2.24, 2.45) is 0 Å². The third kappa shape index (κ3) is 3.60. The van der Waals surface area contributed by atoms with Crippen molar-refractivity contribution < 1.29 is 24.2 Å². The summed E-state index contributed by atoms with van der Waals surface area (Å²) in [7, 11) is 0. The van der Waals surface area contributed by atoms with E-state index in [1.54, 1.807) is 49.1 Å². The summed E-state index contributed by atoms with van der Waals surface area (Å²) in [5, 5.41) is 9.77. The summed E-state index contributed by atoms with van der Waals surface area (Å²) in [6, 6.07) is 11.4. The summed E-state index contributed by atoms with van der Waals surface area (Å²) in [5.74, 6) is -0.256. The molecule has 0 radical (unpaired) electrons. The number of hydrogen-bond donors (Lipinski definition) is 1. The number of benzene rings is 2. The number of carboxylic acids is 1. The topological polar surface area (TPSA) is 76.1 Å². The summed E-state index contributed by atoms with van der Waals surface area (Å²) in [5.41, 5.74) is -0.463. The molecule has 1 N–H and O–H groups in total. The minimum atomic E-state index is -1.09. The molecule has 6 nitrogen and oxygen atoms in total. The maximum absolute atomic E-state index is 12.7. The van der Waals surface area contributed by atoms with Gasteiger partial charge < -0.3 is 19.5 Å². The highest BCUT2D eigenvalue weighted by Gasteiger charge is 2.41. The number of carboxylic acid groups (broad SMARTS) is 1. The molecule has 1 aliphatic heterocycles. The zero-order valence-electron chi connectivity index (χ0n) is 14.4. The zero-order valence-corrected chi connectivity index (χ0v) is 15.1. The second-order valence-electron chi connectivity index (χ2n) is 6.36. The van der Waals surface area contributed by atoms with E-state index >= 15 is 0 Å². The first-order chi connectivity index (χ1) is 12.3. The molecule has 3 rings (SSSR count). The minimum absolute atomic E-state index is 0.103. The highest BCUT2D eigenvalue weighted by Crippen LogP contribution is 2.38. The van der Waals surface area contributed by atoms with Crippen molar-refractivity contribution >= 4 is 29.2 Å². The fourth-order valence-corrected chi connectivity index (χ4v) is 2.84. The highest BCUT2D eigenvalue weighted by atomic mass is 35.5. The van der Waals surface area contributed by atoms with Gasteiger partial charge >= 0.3 is 5.97 Å². The average molecular weight is 376 g/mol. The number of hydrogen-bond acceptors (Lipinski definition) is 4. The number of amides is 1. The number of ether oxygens (including phenoxy) is 2. The van der Waals surface area contributed by atoms with Crippen LogP contribution in [0.3, 0.4) is 0 Å². The first kappa shape index (κ1) is 18.1. The Morgan fingerprint density at radius 3 is 2.58 bits per heavy atom. The van der Waals surface area contributed by atoms with Crippen molar-refractivity contribution in [2.75, 3.05) is 18.1 Å². The van der Waals surface area contributed by atoms with Gasteiger partial charge in [0.2, 0.25) is 0 Å². The van der Waals surface area contributed by atoms with Gasteiger partial charge in [0, 0.05) is 5.02 Å². The van der Waals surface area contributed by atoms with Gasteiger partial charge in [-0.3, -0.25) is 4.79 Å². The van der Waals surface area contributed by atoms with Gasteiger partial charge in [-0.1, -0.05) is 11.6 Å². The molecule has 0 spiro atoms. The zero-order chi connectivity index (χ0) is 18.9. The molecule has 0 saturated carbocycles. The van der Waals surface area contributed by atoms with E-state index in [1.165, 1.54) is 12.1 Å². The van der Waals surface area contributed by atoms with E-state index in [4.69, 9.17) is 26.2 Å². The van der Waals surface area contributed by atoms with Crippen LogP contribution in [0.2, 0.25) is 5.02 Å². The largest absolute Gasteiger partial charge is 0.492 e. The van der Waals surface area contributed by atoms with E-state index in [2.05, 4.69) is 0 Å². The fourth-order valence-electron chi connectivity index (χ4n) is 2.71. The van der Waals surface area contributed by atoms with E-state index in [0.717, 1.165) is 0 Å². The number of anilines is 1. The van der Waals surface area contributed by atoms with Crippen LogP contribution in [0.5, 0.6) is 11.5 Å². The molecule has 1 aliphatic rings. The van der Waals surface area contributed by atoms with Crippen LogP contribution in [-0.2, 0) is 4.79 Å². The van der Waals surface area contributed by atoms with Gasteiger partial charge in [0.1, 0.15) is 18.1 Å². The van der Waals surface area contributed by atoms with Crippen molar-refractivity contribution in [3.63, 3.8) is 0 Å². The second-order valence-corrected chi connectivity index (χ2v) is 6.80. The normalized spacial score (nSPS) is 15.2. The molecule has 0 atom stereocenters. The SMILES string of the molecule is CC1(C)Oc2cc(C(=O)O)ccc2N(CCOc2ccc(Cl)cc2)C1=O. The Bertz CT molecular complexity index is 848. The third-order valence-corrected chi connectivity index (χ3v) is 4.27. The molecule has 0 aromatic heterocycles. The van der Waals surface area contributed by atoms with Gasteiger partial charge in [0.05, 0.1) is 17.8 Å². The Kier molecular flexibility index (Phi) is 4.78. The number of carbonyl (C=O) groups excluding carboxylic acids is 1. The molecule has 1 heterocycles. The molecule has 0 fully saturated rings. The van der Waals surface area contributed by atoms with Crippen LogP contribution in [0, 0.1) is 0 Å². The monoisotopic (exact) mass is 375 g/mol. The Hall–Kier alpha value is -2.73. The number of halogens is 1. The number of carbonyl (C=O) groups is 2. The summed E-state index contributed by atoms with van der Waals surface area (Å²) in [6.45, 7) is 3.87. The number of aromatic carboxylic acids is 1. The van der Waals surface area contributed by atoms with Crippen LogP contribution in [0.25, 0.3) is 0 Å². The number of rotatable bonds is 5. The standard InChI is InChI=1S/C19H18ClNO5/c1-19(2)18(24)21(9-10-25-14-6-4-13(20)5-7-14)15-8-3-12(17(22)23)11-16(15)26-19/h3-8,11H,9-10H2,1-2H3,(H,22,23). The molecular weight excluding hydrogens is 358 g/mol. The van der Waals surface area contributed by atoms with Crippen molar-refractivity contribution in [2.45, 2.75) is 19.4 Å². The quantitative estimate of drug-likeness (QED) is 0.863. The van der Waals surface area contributed by atoms with Crippen LogP contribution in [0.1, 0.15) is 24.2 Å². The maximum atomic E-state index is 12.7. The van der Waals surface area contributed by atoms with Crippen LogP contribution in [-0.4, -0.2) is 35.7 Å². The summed E-state index contributed by atoms with van der Waals surface area (Å²) in [4.78, 5) is 25.5. The molecule has 1 amide bonds.